The largest absolute Gasteiger partial charge is 0.470 e. The number of alkyl halides is 3. The molecule has 188 valence electrons. The second-order valence-corrected chi connectivity index (χ2v) is 8.60. The predicted molar refractivity (Wildman–Crippen MR) is 133 cm³/mol. The normalized spacial score (nSPS) is 13.8. The summed E-state index contributed by atoms with van der Waals surface area (Å²) in [6.45, 7) is 1.39. The van der Waals surface area contributed by atoms with Crippen LogP contribution in [-0.4, -0.2) is 34.2 Å². The Morgan fingerprint density at radius 1 is 0.892 bits per heavy atom. The summed E-state index contributed by atoms with van der Waals surface area (Å²) in [4.78, 5) is 17.1. The van der Waals surface area contributed by atoms with Crippen molar-refractivity contribution in [2.24, 2.45) is 0 Å². The Labute approximate surface area is 211 Å². The minimum Gasteiger partial charge on any atom is -0.413 e. The van der Waals surface area contributed by atoms with Gasteiger partial charge < -0.3 is 9.32 Å². The van der Waals surface area contributed by atoms with E-state index in [9.17, 15) is 18.0 Å². The van der Waals surface area contributed by atoms with Gasteiger partial charge in [0.25, 0.3) is 0 Å². The van der Waals surface area contributed by atoms with Gasteiger partial charge in [-0.3, -0.25) is 4.90 Å². The van der Waals surface area contributed by atoms with Gasteiger partial charge in [0.2, 0.25) is 5.89 Å². The van der Waals surface area contributed by atoms with E-state index in [-0.39, 0.29) is 18.5 Å². The van der Waals surface area contributed by atoms with E-state index in [1.165, 1.54) is 11.1 Å². The average Bonchev–Trinajstić information content (AvgIpc) is 3.44. The molecule has 0 radical (unpaired) electrons. The van der Waals surface area contributed by atoms with Crippen LogP contribution >= 0.6 is 0 Å². The van der Waals surface area contributed by atoms with Crippen molar-refractivity contribution >= 4 is 17.3 Å². The number of rotatable bonds is 5. The molecule has 1 aromatic heterocycles. The monoisotopic (exact) mass is 504 g/mol. The van der Waals surface area contributed by atoms with E-state index in [0.717, 1.165) is 17.7 Å². The summed E-state index contributed by atoms with van der Waals surface area (Å²) in [6, 6.07) is 26.1. The summed E-state index contributed by atoms with van der Waals surface area (Å²) in [6.07, 6.45) is -1.85. The number of carbonyl (C=O) groups excluding carboxylic acids is 1. The Balaban J connectivity index is 1.33. The van der Waals surface area contributed by atoms with Crippen LogP contribution in [0, 0.1) is 0 Å². The highest BCUT2D eigenvalue weighted by atomic mass is 19.4. The maximum absolute atomic E-state index is 13.6. The second-order valence-electron chi connectivity index (χ2n) is 8.60. The Hall–Kier alpha value is -4.40. The fourth-order valence-electron chi connectivity index (χ4n) is 4.20. The lowest BCUT2D eigenvalue weighted by molar-refractivity contribution is -0.156. The van der Waals surface area contributed by atoms with Crippen molar-refractivity contribution in [2.45, 2.75) is 19.1 Å². The molecule has 37 heavy (non-hydrogen) atoms. The zero-order valence-electron chi connectivity index (χ0n) is 19.7. The molecular weight excluding hydrogens is 481 g/mol. The molecule has 9 heteroatoms. The number of urea groups is 1. The lowest BCUT2D eigenvalue weighted by Gasteiger charge is -2.33. The maximum Gasteiger partial charge on any atom is 0.470 e. The SMILES string of the molecule is O=C(N1CC=C(c2ccccc2)CC1)N(Cc1ccc(-c2nnc(C(F)(F)F)o2)cc1)c1ccccc1. The average molecular weight is 505 g/mol. The van der Waals surface area contributed by atoms with Crippen LogP contribution in [0.4, 0.5) is 23.7 Å². The van der Waals surface area contributed by atoms with E-state index < -0.39 is 12.1 Å². The molecule has 0 atom stereocenters. The van der Waals surface area contributed by atoms with Crippen molar-refractivity contribution < 1.29 is 22.4 Å². The van der Waals surface area contributed by atoms with Gasteiger partial charge in [-0.15, -0.1) is 10.2 Å². The number of hydrogen-bond acceptors (Lipinski definition) is 4. The number of aromatic nitrogens is 2. The molecule has 4 aromatic rings. The summed E-state index contributed by atoms with van der Waals surface area (Å²) in [5.74, 6) is -1.61. The van der Waals surface area contributed by atoms with E-state index >= 15 is 0 Å². The Morgan fingerprint density at radius 2 is 1.57 bits per heavy atom. The van der Waals surface area contributed by atoms with Crippen LogP contribution in [0.25, 0.3) is 17.0 Å². The number of para-hydroxylation sites is 1. The summed E-state index contributed by atoms with van der Waals surface area (Å²) in [5.41, 5.74) is 4.30. The van der Waals surface area contributed by atoms with Gasteiger partial charge in [-0.2, -0.15) is 13.2 Å². The van der Waals surface area contributed by atoms with E-state index in [1.54, 1.807) is 29.2 Å². The summed E-state index contributed by atoms with van der Waals surface area (Å²) >= 11 is 0. The first-order chi connectivity index (χ1) is 17.9. The molecule has 6 nitrogen and oxygen atoms in total. The quantitative estimate of drug-likeness (QED) is 0.305. The van der Waals surface area contributed by atoms with E-state index in [0.29, 0.717) is 18.7 Å². The number of halogens is 3. The van der Waals surface area contributed by atoms with Gasteiger partial charge >= 0.3 is 18.1 Å². The van der Waals surface area contributed by atoms with Crippen molar-refractivity contribution in [1.82, 2.24) is 15.1 Å². The highest BCUT2D eigenvalue weighted by Gasteiger charge is 2.38. The fraction of sp³-hybridized carbons (Fsp3) is 0.179. The lowest BCUT2D eigenvalue weighted by Crippen LogP contribution is -2.44. The Kier molecular flexibility index (Phi) is 6.76. The zero-order chi connectivity index (χ0) is 25.8. The smallest absolute Gasteiger partial charge is 0.413 e. The van der Waals surface area contributed by atoms with Crippen LogP contribution in [0.1, 0.15) is 23.4 Å². The summed E-state index contributed by atoms with van der Waals surface area (Å²) in [5, 5.41) is 6.56. The molecule has 0 spiro atoms. The number of benzene rings is 3. The number of nitrogens with zero attached hydrogens (tertiary/aromatic N) is 4. The van der Waals surface area contributed by atoms with Gasteiger partial charge in [0.05, 0.1) is 6.54 Å². The van der Waals surface area contributed by atoms with E-state index in [1.807, 2.05) is 53.4 Å². The fourth-order valence-corrected chi connectivity index (χ4v) is 4.20. The molecule has 0 N–H and O–H groups in total. The van der Waals surface area contributed by atoms with Gasteiger partial charge in [0.1, 0.15) is 0 Å². The standard InChI is InChI=1S/C28H23F3N4O2/c29-28(30,31)26-33-32-25(37-26)23-13-11-20(12-14-23)19-35(24-9-5-2-6-10-24)27(36)34-17-15-22(16-18-34)21-7-3-1-4-8-21/h1-15H,16-19H2. The maximum atomic E-state index is 13.6. The van der Waals surface area contributed by atoms with Crippen molar-refractivity contribution in [2.75, 3.05) is 18.0 Å². The van der Waals surface area contributed by atoms with Crippen molar-refractivity contribution in [3.05, 3.63) is 108 Å². The van der Waals surface area contributed by atoms with Crippen LogP contribution in [0.15, 0.2) is 95.4 Å². The third-order valence-electron chi connectivity index (χ3n) is 6.13. The Bertz CT molecular complexity index is 1380. The van der Waals surface area contributed by atoms with Gasteiger partial charge in [0.15, 0.2) is 0 Å². The molecule has 0 aliphatic carbocycles. The number of anilines is 1. The molecule has 0 saturated heterocycles. The van der Waals surface area contributed by atoms with Gasteiger partial charge in [-0.25, -0.2) is 4.79 Å². The molecule has 2 heterocycles. The summed E-state index contributed by atoms with van der Waals surface area (Å²) in [7, 11) is 0. The first-order valence-electron chi connectivity index (χ1n) is 11.7. The van der Waals surface area contributed by atoms with Crippen LogP contribution in [0.3, 0.4) is 0 Å². The minimum absolute atomic E-state index is 0.120. The molecule has 0 unspecified atom stereocenters. The Morgan fingerprint density at radius 3 is 2.16 bits per heavy atom. The van der Waals surface area contributed by atoms with E-state index in [2.05, 4.69) is 28.4 Å². The van der Waals surface area contributed by atoms with Gasteiger partial charge in [-0.1, -0.05) is 66.7 Å². The molecule has 0 bridgehead atoms. The van der Waals surface area contributed by atoms with Gasteiger partial charge in [-0.05, 0) is 47.4 Å². The number of amides is 2. The predicted octanol–water partition coefficient (Wildman–Crippen LogP) is 6.67. The molecule has 0 fully saturated rings. The highest BCUT2D eigenvalue weighted by molar-refractivity contribution is 5.92. The molecule has 2 amide bonds. The summed E-state index contributed by atoms with van der Waals surface area (Å²) < 4.78 is 43.1. The van der Waals surface area contributed by atoms with E-state index in [4.69, 9.17) is 4.42 Å². The molecular formula is C28H23F3N4O2. The topological polar surface area (TPSA) is 62.5 Å². The molecule has 3 aromatic carbocycles. The number of hydrogen-bond donors (Lipinski definition) is 0. The third-order valence-corrected chi connectivity index (χ3v) is 6.13. The van der Waals surface area contributed by atoms with Crippen LogP contribution < -0.4 is 4.90 Å². The molecule has 5 rings (SSSR count). The zero-order valence-corrected chi connectivity index (χ0v) is 19.7. The highest BCUT2D eigenvalue weighted by Crippen LogP contribution is 2.31. The molecule has 1 aliphatic heterocycles. The number of carbonyl (C=O) groups is 1. The minimum atomic E-state index is -4.70. The third kappa shape index (κ3) is 5.55. The lowest BCUT2D eigenvalue weighted by atomic mass is 10.00. The molecule has 0 saturated carbocycles. The van der Waals surface area contributed by atoms with Crippen LogP contribution in [0.5, 0.6) is 0 Å². The van der Waals surface area contributed by atoms with Crippen LogP contribution in [-0.2, 0) is 12.7 Å². The first-order valence-corrected chi connectivity index (χ1v) is 11.7. The van der Waals surface area contributed by atoms with Crippen molar-refractivity contribution in [3.8, 4) is 11.5 Å². The first kappa shape index (κ1) is 24.3. The van der Waals surface area contributed by atoms with Crippen LogP contribution in [0.2, 0.25) is 0 Å². The van der Waals surface area contributed by atoms with Crippen molar-refractivity contribution in [1.29, 1.82) is 0 Å². The second kappa shape index (κ2) is 10.3. The van der Waals surface area contributed by atoms with Gasteiger partial charge in [0, 0.05) is 24.3 Å². The molecule has 1 aliphatic rings. The van der Waals surface area contributed by atoms with Crippen molar-refractivity contribution in [3.63, 3.8) is 0 Å².